The van der Waals surface area contributed by atoms with Crippen LogP contribution in [0, 0.1) is 6.92 Å². The molecule has 32 heavy (non-hydrogen) atoms. The van der Waals surface area contributed by atoms with Crippen LogP contribution in [0.4, 0.5) is 0 Å². The Balaban J connectivity index is 1.46. The molecule has 0 spiro atoms. The summed E-state index contributed by atoms with van der Waals surface area (Å²) in [5.74, 6) is 0.720. The van der Waals surface area contributed by atoms with E-state index in [2.05, 4.69) is 60.7 Å². The molecule has 0 aliphatic carbocycles. The van der Waals surface area contributed by atoms with Crippen molar-refractivity contribution in [1.29, 1.82) is 0 Å². The second-order valence-electron chi connectivity index (χ2n) is 7.97. The zero-order chi connectivity index (χ0) is 21.5. The van der Waals surface area contributed by atoms with Crippen LogP contribution in [0.3, 0.4) is 0 Å². The van der Waals surface area contributed by atoms with Crippen LogP contribution in [0.1, 0.15) is 5.69 Å². The van der Waals surface area contributed by atoms with Gasteiger partial charge in [0, 0.05) is 27.6 Å². The lowest BCUT2D eigenvalue weighted by atomic mass is 10.0. The van der Waals surface area contributed by atoms with Gasteiger partial charge in [-0.1, -0.05) is 66.7 Å². The van der Waals surface area contributed by atoms with Crippen LogP contribution in [0.15, 0.2) is 108 Å². The first kappa shape index (κ1) is 18.5. The Bertz CT molecular complexity index is 1580. The summed E-state index contributed by atoms with van der Waals surface area (Å²) in [4.78, 5) is 9.68. The molecule has 3 heteroatoms. The molecule has 0 aliphatic heterocycles. The van der Waals surface area contributed by atoms with E-state index in [0.29, 0.717) is 0 Å². The summed E-state index contributed by atoms with van der Waals surface area (Å²) < 4.78 is 5.97. The number of rotatable bonds is 3. The first-order chi connectivity index (χ1) is 15.7. The van der Waals surface area contributed by atoms with Gasteiger partial charge in [0.1, 0.15) is 11.2 Å². The predicted octanol–water partition coefficient (Wildman–Crippen LogP) is 7.69. The Labute approximate surface area is 186 Å². The van der Waals surface area contributed by atoms with Crippen LogP contribution < -0.4 is 0 Å². The zero-order valence-corrected chi connectivity index (χ0v) is 17.6. The lowest BCUT2D eigenvalue weighted by Gasteiger charge is -2.09. The van der Waals surface area contributed by atoms with Crippen LogP contribution in [0.25, 0.3) is 55.7 Å². The van der Waals surface area contributed by atoms with Crippen molar-refractivity contribution in [3.63, 3.8) is 0 Å². The van der Waals surface area contributed by atoms with Gasteiger partial charge in [-0.2, -0.15) is 0 Å². The Kier molecular flexibility index (Phi) is 4.32. The smallest absolute Gasteiger partial charge is 0.160 e. The highest BCUT2D eigenvalue weighted by Gasteiger charge is 2.12. The SMILES string of the molecule is Cc1cc(-c2cccc(-c3ccccc3)c2)nc(-c2ccc3oc4ccccc4c3c2)n1. The van der Waals surface area contributed by atoms with Crippen LogP contribution in [-0.4, -0.2) is 9.97 Å². The molecule has 0 fully saturated rings. The van der Waals surface area contributed by atoms with Crippen LogP contribution in [0.5, 0.6) is 0 Å². The van der Waals surface area contributed by atoms with Crippen molar-refractivity contribution < 1.29 is 4.42 Å². The minimum Gasteiger partial charge on any atom is -0.456 e. The molecule has 0 N–H and O–H groups in total. The first-order valence-corrected chi connectivity index (χ1v) is 10.7. The molecular weight excluding hydrogens is 392 g/mol. The highest BCUT2D eigenvalue weighted by atomic mass is 16.3. The molecule has 0 aliphatic rings. The van der Waals surface area contributed by atoms with Gasteiger partial charge < -0.3 is 4.42 Å². The summed E-state index contributed by atoms with van der Waals surface area (Å²) in [6.45, 7) is 2.02. The van der Waals surface area contributed by atoms with Crippen molar-refractivity contribution in [2.75, 3.05) is 0 Å². The van der Waals surface area contributed by atoms with Gasteiger partial charge in [-0.25, -0.2) is 9.97 Å². The Hall–Kier alpha value is -4.24. The second kappa shape index (κ2) is 7.47. The highest BCUT2D eigenvalue weighted by molar-refractivity contribution is 6.06. The molecule has 0 unspecified atom stereocenters. The largest absolute Gasteiger partial charge is 0.456 e. The number of para-hydroxylation sites is 1. The lowest BCUT2D eigenvalue weighted by Crippen LogP contribution is -1.95. The van der Waals surface area contributed by atoms with Gasteiger partial charge in [0.25, 0.3) is 0 Å². The molecule has 0 amide bonds. The predicted molar refractivity (Wildman–Crippen MR) is 130 cm³/mol. The third-order valence-electron chi connectivity index (χ3n) is 5.75. The Morgan fingerprint density at radius 3 is 2.19 bits per heavy atom. The van der Waals surface area contributed by atoms with Gasteiger partial charge >= 0.3 is 0 Å². The van der Waals surface area contributed by atoms with E-state index in [0.717, 1.165) is 50.3 Å². The molecular formula is C29H20N2O. The van der Waals surface area contributed by atoms with Crippen LogP contribution >= 0.6 is 0 Å². The third-order valence-corrected chi connectivity index (χ3v) is 5.75. The topological polar surface area (TPSA) is 38.9 Å². The summed E-state index contributed by atoms with van der Waals surface area (Å²) in [7, 11) is 0. The fraction of sp³-hybridized carbons (Fsp3) is 0.0345. The summed E-state index contributed by atoms with van der Waals surface area (Å²) in [5, 5.41) is 2.18. The maximum Gasteiger partial charge on any atom is 0.160 e. The molecule has 0 saturated heterocycles. The van der Waals surface area contributed by atoms with Crippen molar-refractivity contribution in [3.8, 4) is 33.8 Å². The maximum absolute atomic E-state index is 5.97. The van der Waals surface area contributed by atoms with Crippen molar-refractivity contribution in [1.82, 2.24) is 9.97 Å². The van der Waals surface area contributed by atoms with Gasteiger partial charge in [-0.05, 0) is 54.4 Å². The van der Waals surface area contributed by atoms with E-state index in [4.69, 9.17) is 14.4 Å². The molecule has 2 aromatic heterocycles. The van der Waals surface area contributed by atoms with E-state index in [-0.39, 0.29) is 0 Å². The summed E-state index contributed by atoms with van der Waals surface area (Å²) >= 11 is 0. The number of aromatic nitrogens is 2. The highest BCUT2D eigenvalue weighted by Crippen LogP contribution is 2.32. The maximum atomic E-state index is 5.97. The molecule has 3 nitrogen and oxygen atoms in total. The normalized spacial score (nSPS) is 11.3. The van der Waals surface area contributed by atoms with Crippen LogP contribution in [0.2, 0.25) is 0 Å². The molecule has 0 bridgehead atoms. The average molecular weight is 412 g/mol. The lowest BCUT2D eigenvalue weighted by molar-refractivity contribution is 0.669. The van der Waals surface area contributed by atoms with E-state index in [1.807, 2.05) is 49.4 Å². The van der Waals surface area contributed by atoms with Gasteiger partial charge in [0.2, 0.25) is 0 Å². The molecule has 0 radical (unpaired) electrons. The number of nitrogens with zero attached hydrogens (tertiary/aromatic N) is 2. The Morgan fingerprint density at radius 1 is 0.531 bits per heavy atom. The van der Waals surface area contributed by atoms with Crippen molar-refractivity contribution in [2.45, 2.75) is 6.92 Å². The molecule has 152 valence electrons. The fourth-order valence-electron chi connectivity index (χ4n) is 4.20. The standard InChI is InChI=1S/C29H20N2O/c1-19-16-26(22-11-7-10-21(17-22)20-8-3-2-4-9-20)31-29(30-19)23-14-15-28-25(18-23)24-12-5-6-13-27(24)32-28/h2-18H,1H3. The van der Waals surface area contributed by atoms with Gasteiger partial charge in [0.05, 0.1) is 5.69 Å². The molecule has 0 saturated carbocycles. The van der Waals surface area contributed by atoms with Gasteiger partial charge in [-0.3, -0.25) is 0 Å². The summed E-state index contributed by atoms with van der Waals surface area (Å²) in [5.41, 5.74) is 8.04. The number of fused-ring (bicyclic) bond motifs is 3. The molecule has 6 rings (SSSR count). The van der Waals surface area contributed by atoms with Crippen molar-refractivity contribution in [3.05, 3.63) is 109 Å². The van der Waals surface area contributed by atoms with E-state index >= 15 is 0 Å². The van der Waals surface area contributed by atoms with E-state index in [1.165, 1.54) is 11.1 Å². The first-order valence-electron chi connectivity index (χ1n) is 10.7. The monoisotopic (exact) mass is 412 g/mol. The summed E-state index contributed by atoms with van der Waals surface area (Å²) in [6, 6.07) is 35.2. The van der Waals surface area contributed by atoms with Crippen LogP contribution in [-0.2, 0) is 0 Å². The number of hydrogen-bond donors (Lipinski definition) is 0. The fourth-order valence-corrected chi connectivity index (χ4v) is 4.20. The van der Waals surface area contributed by atoms with Crippen molar-refractivity contribution >= 4 is 21.9 Å². The van der Waals surface area contributed by atoms with E-state index in [9.17, 15) is 0 Å². The number of furan rings is 1. The van der Waals surface area contributed by atoms with Gasteiger partial charge in [0.15, 0.2) is 5.82 Å². The second-order valence-corrected chi connectivity index (χ2v) is 7.97. The minimum absolute atomic E-state index is 0.720. The number of hydrogen-bond acceptors (Lipinski definition) is 3. The van der Waals surface area contributed by atoms with Crippen molar-refractivity contribution in [2.24, 2.45) is 0 Å². The molecule has 4 aromatic carbocycles. The van der Waals surface area contributed by atoms with E-state index in [1.54, 1.807) is 0 Å². The third kappa shape index (κ3) is 3.25. The molecule has 6 aromatic rings. The Morgan fingerprint density at radius 2 is 1.28 bits per heavy atom. The molecule has 0 atom stereocenters. The average Bonchev–Trinajstić information content (AvgIpc) is 3.22. The van der Waals surface area contributed by atoms with E-state index < -0.39 is 0 Å². The quantitative estimate of drug-likeness (QED) is 0.299. The molecule has 2 heterocycles. The zero-order valence-electron chi connectivity index (χ0n) is 17.6. The number of aryl methyl sites for hydroxylation is 1. The minimum atomic E-state index is 0.720. The van der Waals surface area contributed by atoms with Gasteiger partial charge in [-0.15, -0.1) is 0 Å². The summed E-state index contributed by atoms with van der Waals surface area (Å²) in [6.07, 6.45) is 0. The number of benzene rings is 4.